The number of rotatable bonds is 11. The summed E-state index contributed by atoms with van der Waals surface area (Å²) in [4.78, 5) is 4.86. The summed E-state index contributed by atoms with van der Waals surface area (Å²) in [7, 11) is 3.48. The van der Waals surface area contributed by atoms with Crippen LogP contribution in [-0.4, -0.2) is 46.0 Å². The molecule has 0 aliphatic heterocycles. The van der Waals surface area contributed by atoms with E-state index in [9.17, 15) is 0 Å². The van der Waals surface area contributed by atoms with Crippen LogP contribution >= 0.6 is 24.0 Å². The third kappa shape index (κ3) is 7.41. The number of nitrogens with one attached hydrogen (secondary N) is 2. The molecule has 2 aliphatic rings. The summed E-state index contributed by atoms with van der Waals surface area (Å²) in [6.07, 6.45) is 9.95. The van der Waals surface area contributed by atoms with E-state index in [-0.39, 0.29) is 30.1 Å². The van der Waals surface area contributed by atoms with Gasteiger partial charge in [0.05, 0.1) is 19.8 Å². The van der Waals surface area contributed by atoms with E-state index >= 15 is 0 Å². The predicted octanol–water partition coefficient (Wildman–Crippen LogP) is 4.90. The molecule has 0 aromatic heterocycles. The Morgan fingerprint density at radius 3 is 2.52 bits per heavy atom. The van der Waals surface area contributed by atoms with Crippen LogP contribution in [0.25, 0.3) is 0 Å². The lowest BCUT2D eigenvalue weighted by Gasteiger charge is -2.42. The van der Waals surface area contributed by atoms with Crippen LogP contribution in [0.1, 0.15) is 63.9 Å². The number of para-hydroxylation sites is 1. The Kier molecular flexibility index (Phi) is 11.2. The van der Waals surface area contributed by atoms with Gasteiger partial charge in [-0.25, -0.2) is 4.99 Å². The van der Waals surface area contributed by atoms with Crippen LogP contribution in [0.4, 0.5) is 0 Å². The van der Waals surface area contributed by atoms with Gasteiger partial charge >= 0.3 is 0 Å². The number of ether oxygens (including phenoxy) is 3. The number of hydrogen-bond donors (Lipinski definition) is 2. The van der Waals surface area contributed by atoms with Gasteiger partial charge in [-0.05, 0) is 63.4 Å². The van der Waals surface area contributed by atoms with Crippen LogP contribution < -0.4 is 20.1 Å². The Morgan fingerprint density at radius 2 is 1.90 bits per heavy atom. The summed E-state index contributed by atoms with van der Waals surface area (Å²) >= 11 is 0. The molecular weight excluding hydrogens is 505 g/mol. The highest BCUT2D eigenvalue weighted by Gasteiger charge is 2.36. The van der Waals surface area contributed by atoms with Gasteiger partial charge in [0.2, 0.25) is 0 Å². The molecule has 3 rings (SSSR count). The molecule has 0 unspecified atom stereocenters. The number of nitrogens with zero attached hydrogens (tertiary/aromatic N) is 1. The van der Waals surface area contributed by atoms with Crippen molar-refractivity contribution in [2.45, 2.75) is 70.9 Å². The molecule has 0 amide bonds. The van der Waals surface area contributed by atoms with E-state index in [4.69, 9.17) is 19.2 Å². The molecule has 176 valence electrons. The van der Waals surface area contributed by atoms with Crippen molar-refractivity contribution < 1.29 is 14.2 Å². The van der Waals surface area contributed by atoms with E-state index in [1.54, 1.807) is 14.2 Å². The molecule has 7 heteroatoms. The molecule has 2 aliphatic carbocycles. The minimum atomic E-state index is 0. The Balaban J connectivity index is 0.00000341. The molecule has 0 radical (unpaired) electrons. The highest BCUT2D eigenvalue weighted by atomic mass is 127. The van der Waals surface area contributed by atoms with Crippen molar-refractivity contribution in [1.29, 1.82) is 0 Å². The molecule has 2 saturated carbocycles. The maximum Gasteiger partial charge on any atom is 0.191 e. The SMILES string of the molecule is CCNC(=NCc1cccc(OC)c1OC1CCCC1)NCC1(CCOC)CCC1.I. The van der Waals surface area contributed by atoms with Crippen molar-refractivity contribution in [1.82, 2.24) is 10.6 Å². The van der Waals surface area contributed by atoms with Crippen LogP contribution in [0, 0.1) is 5.41 Å². The van der Waals surface area contributed by atoms with Crippen molar-refractivity contribution in [3.63, 3.8) is 0 Å². The fourth-order valence-electron chi connectivity index (χ4n) is 4.44. The summed E-state index contributed by atoms with van der Waals surface area (Å²) in [5.74, 6) is 2.50. The van der Waals surface area contributed by atoms with E-state index in [1.165, 1.54) is 32.1 Å². The molecule has 0 saturated heterocycles. The first-order chi connectivity index (χ1) is 14.7. The average Bonchev–Trinajstić information content (AvgIpc) is 3.24. The lowest BCUT2D eigenvalue weighted by atomic mass is 9.67. The predicted molar refractivity (Wildman–Crippen MR) is 137 cm³/mol. The van der Waals surface area contributed by atoms with Gasteiger partial charge in [0.1, 0.15) is 0 Å². The molecule has 1 aromatic rings. The second kappa shape index (κ2) is 13.4. The quantitative estimate of drug-likeness (QED) is 0.236. The first-order valence-corrected chi connectivity index (χ1v) is 11.5. The highest BCUT2D eigenvalue weighted by molar-refractivity contribution is 14.0. The lowest BCUT2D eigenvalue weighted by molar-refractivity contribution is 0.0732. The van der Waals surface area contributed by atoms with Crippen molar-refractivity contribution in [2.75, 3.05) is 33.9 Å². The van der Waals surface area contributed by atoms with E-state index in [2.05, 4.69) is 23.6 Å². The number of hydrogen-bond acceptors (Lipinski definition) is 4. The minimum absolute atomic E-state index is 0. The molecule has 1 aromatic carbocycles. The van der Waals surface area contributed by atoms with Gasteiger partial charge in [-0.3, -0.25) is 0 Å². The largest absolute Gasteiger partial charge is 0.493 e. The van der Waals surface area contributed by atoms with Crippen molar-refractivity contribution >= 4 is 29.9 Å². The first-order valence-electron chi connectivity index (χ1n) is 11.5. The summed E-state index contributed by atoms with van der Waals surface area (Å²) in [6, 6.07) is 6.07. The second-order valence-electron chi connectivity index (χ2n) is 8.62. The Hall–Kier alpha value is -1.22. The summed E-state index contributed by atoms with van der Waals surface area (Å²) in [6.45, 7) is 5.24. The highest BCUT2D eigenvalue weighted by Crippen LogP contribution is 2.43. The van der Waals surface area contributed by atoms with Crippen LogP contribution in [0.3, 0.4) is 0 Å². The van der Waals surface area contributed by atoms with Crippen molar-refractivity contribution in [3.8, 4) is 11.5 Å². The van der Waals surface area contributed by atoms with E-state index in [0.717, 1.165) is 62.0 Å². The molecule has 0 bridgehead atoms. The van der Waals surface area contributed by atoms with E-state index in [0.29, 0.717) is 12.0 Å². The maximum atomic E-state index is 6.36. The number of aliphatic imine (C=N–C) groups is 1. The zero-order valence-electron chi connectivity index (χ0n) is 19.4. The molecule has 31 heavy (non-hydrogen) atoms. The fourth-order valence-corrected chi connectivity index (χ4v) is 4.44. The van der Waals surface area contributed by atoms with Gasteiger partial charge in [0, 0.05) is 32.4 Å². The zero-order valence-corrected chi connectivity index (χ0v) is 21.7. The average molecular weight is 546 g/mol. The summed E-state index contributed by atoms with van der Waals surface area (Å²) in [5.41, 5.74) is 1.41. The fraction of sp³-hybridized carbons (Fsp3) is 0.708. The molecular formula is C24H40IN3O3. The van der Waals surface area contributed by atoms with Gasteiger partial charge in [-0.15, -0.1) is 24.0 Å². The summed E-state index contributed by atoms with van der Waals surface area (Å²) < 4.78 is 17.3. The number of halogens is 1. The molecule has 0 atom stereocenters. The molecule has 6 nitrogen and oxygen atoms in total. The molecule has 0 spiro atoms. The third-order valence-electron chi connectivity index (χ3n) is 6.50. The normalized spacial score (nSPS) is 18.1. The van der Waals surface area contributed by atoms with Crippen LogP contribution in [0.5, 0.6) is 11.5 Å². The van der Waals surface area contributed by atoms with Gasteiger partial charge in [-0.2, -0.15) is 0 Å². The third-order valence-corrected chi connectivity index (χ3v) is 6.50. The van der Waals surface area contributed by atoms with Crippen LogP contribution in [0.15, 0.2) is 23.2 Å². The van der Waals surface area contributed by atoms with Crippen LogP contribution in [0.2, 0.25) is 0 Å². The van der Waals surface area contributed by atoms with Crippen molar-refractivity contribution in [2.24, 2.45) is 10.4 Å². The zero-order chi connectivity index (χ0) is 21.2. The monoisotopic (exact) mass is 545 g/mol. The number of benzene rings is 1. The van der Waals surface area contributed by atoms with Crippen molar-refractivity contribution in [3.05, 3.63) is 23.8 Å². The Labute approximate surface area is 204 Å². The van der Waals surface area contributed by atoms with Gasteiger partial charge in [-0.1, -0.05) is 18.6 Å². The molecule has 2 fully saturated rings. The summed E-state index contributed by atoms with van der Waals surface area (Å²) in [5, 5.41) is 6.96. The maximum absolute atomic E-state index is 6.36. The Bertz CT molecular complexity index is 689. The topological polar surface area (TPSA) is 64.1 Å². The molecule has 2 N–H and O–H groups in total. The number of methoxy groups -OCH3 is 2. The number of guanidine groups is 1. The lowest BCUT2D eigenvalue weighted by Crippen LogP contribution is -2.47. The van der Waals surface area contributed by atoms with Gasteiger partial charge in [0.15, 0.2) is 17.5 Å². The second-order valence-corrected chi connectivity index (χ2v) is 8.62. The standard InChI is InChI=1S/C24H39N3O3.HI/c1-4-25-23(27-18-24(13-8-14-24)15-16-28-2)26-17-19-9-7-12-21(29-3)22(19)30-20-10-5-6-11-20;/h7,9,12,20H,4-6,8,10-11,13-18H2,1-3H3,(H2,25,26,27);1H. The van der Waals surface area contributed by atoms with E-state index < -0.39 is 0 Å². The van der Waals surface area contributed by atoms with Crippen LogP contribution in [-0.2, 0) is 11.3 Å². The van der Waals surface area contributed by atoms with Gasteiger partial charge in [0.25, 0.3) is 0 Å². The Morgan fingerprint density at radius 1 is 1.13 bits per heavy atom. The van der Waals surface area contributed by atoms with Gasteiger partial charge < -0.3 is 24.8 Å². The van der Waals surface area contributed by atoms with E-state index in [1.807, 2.05) is 12.1 Å². The first kappa shape index (κ1) is 26.0. The minimum Gasteiger partial charge on any atom is -0.493 e. The molecule has 0 heterocycles. The smallest absolute Gasteiger partial charge is 0.191 e.